The lowest BCUT2D eigenvalue weighted by Gasteiger charge is -2.42. The lowest BCUT2D eigenvalue weighted by molar-refractivity contribution is -0.126. The molecule has 0 bridgehead atoms. The maximum Gasteiger partial charge on any atom is 0.224 e. The van der Waals surface area contributed by atoms with Crippen LogP contribution in [0.4, 0.5) is 0 Å². The van der Waals surface area contributed by atoms with Crippen molar-refractivity contribution in [1.82, 2.24) is 14.9 Å². The van der Waals surface area contributed by atoms with Crippen LogP contribution in [0.2, 0.25) is 0 Å². The highest BCUT2D eigenvalue weighted by molar-refractivity contribution is 8.00. The summed E-state index contributed by atoms with van der Waals surface area (Å²) in [5, 5.41) is 7.26. The largest absolute Gasteiger partial charge is 0.597 e. The summed E-state index contributed by atoms with van der Waals surface area (Å²) in [6, 6.07) is 0.551. The van der Waals surface area contributed by atoms with Gasteiger partial charge in [-0.25, -0.2) is 0 Å². The summed E-state index contributed by atoms with van der Waals surface area (Å²) in [5.41, 5.74) is 0.0198. The van der Waals surface area contributed by atoms with E-state index in [9.17, 15) is 13.6 Å². The van der Waals surface area contributed by atoms with E-state index in [2.05, 4.69) is 10.6 Å². The lowest BCUT2D eigenvalue weighted by atomic mass is 9.68. The summed E-state index contributed by atoms with van der Waals surface area (Å²) in [5.74, 6) is 1.71. The van der Waals surface area contributed by atoms with E-state index < -0.39 is 10.4 Å². The summed E-state index contributed by atoms with van der Waals surface area (Å²) >= 11 is 1.91. The SMILES string of the molecule is CN(C)[S+](=O)([O-])C1CCC(C(=O)NC2NC3C(CCC4CCCCC43)S2)CC1. The molecule has 6 unspecified atom stereocenters. The second-order valence-corrected chi connectivity index (χ2v) is 13.1. The number of nitrogens with one attached hydrogen (secondary N) is 2. The van der Waals surface area contributed by atoms with Gasteiger partial charge in [0.1, 0.15) is 21.1 Å². The summed E-state index contributed by atoms with van der Waals surface area (Å²) in [4.78, 5) is 12.8. The molecule has 3 saturated carbocycles. The van der Waals surface area contributed by atoms with Crippen LogP contribution in [0.1, 0.15) is 64.2 Å². The Morgan fingerprint density at radius 1 is 1.07 bits per heavy atom. The molecule has 6 atom stereocenters. The maximum absolute atomic E-state index is 12.8. The number of hydrogen-bond acceptors (Lipinski definition) is 5. The Morgan fingerprint density at radius 2 is 1.79 bits per heavy atom. The third-order valence-corrected chi connectivity index (χ3v) is 11.3. The molecule has 0 spiro atoms. The molecule has 0 aromatic carbocycles. The van der Waals surface area contributed by atoms with Crippen LogP contribution in [0.25, 0.3) is 0 Å². The molecule has 4 aliphatic rings. The number of hydrogen-bond donors (Lipinski definition) is 2. The van der Waals surface area contributed by atoms with E-state index in [1.54, 1.807) is 14.1 Å². The normalized spacial score (nSPS) is 43.1. The van der Waals surface area contributed by atoms with E-state index in [1.165, 1.54) is 42.8 Å². The maximum atomic E-state index is 12.8. The third-order valence-electron chi connectivity index (χ3n) is 7.55. The van der Waals surface area contributed by atoms with Gasteiger partial charge in [0.05, 0.1) is 0 Å². The molecule has 6 nitrogen and oxygen atoms in total. The second kappa shape index (κ2) is 8.53. The van der Waals surface area contributed by atoms with Gasteiger partial charge in [0, 0.05) is 31.3 Å². The van der Waals surface area contributed by atoms with Crippen LogP contribution in [0.5, 0.6) is 0 Å². The van der Waals surface area contributed by atoms with Crippen LogP contribution >= 0.6 is 11.8 Å². The van der Waals surface area contributed by atoms with Crippen molar-refractivity contribution in [2.75, 3.05) is 14.1 Å². The number of amides is 1. The number of nitrogens with zero attached hydrogens (tertiary/aromatic N) is 1. The Morgan fingerprint density at radius 3 is 2.50 bits per heavy atom. The molecule has 160 valence electrons. The van der Waals surface area contributed by atoms with Crippen molar-refractivity contribution in [3.8, 4) is 0 Å². The Hall–Kier alpha value is -0.150. The summed E-state index contributed by atoms with van der Waals surface area (Å²) in [6.45, 7) is 0. The van der Waals surface area contributed by atoms with Crippen LogP contribution in [0, 0.1) is 17.8 Å². The van der Waals surface area contributed by atoms with Gasteiger partial charge in [0.25, 0.3) is 0 Å². The number of carbonyl (C=O) groups excluding carboxylic acids is 1. The monoisotopic (exact) mass is 429 g/mol. The zero-order valence-corrected chi connectivity index (χ0v) is 18.7. The lowest BCUT2D eigenvalue weighted by Crippen LogP contribution is -2.51. The number of rotatable bonds is 4. The molecular weight excluding hydrogens is 394 g/mol. The first-order valence-electron chi connectivity index (χ1n) is 11.0. The molecule has 0 aromatic heterocycles. The molecule has 4 fully saturated rings. The predicted molar refractivity (Wildman–Crippen MR) is 113 cm³/mol. The first-order chi connectivity index (χ1) is 13.4. The van der Waals surface area contributed by atoms with Crippen molar-refractivity contribution in [2.45, 2.75) is 86.2 Å². The van der Waals surface area contributed by atoms with Crippen molar-refractivity contribution in [3.05, 3.63) is 0 Å². The molecule has 0 radical (unpaired) electrons. The number of fused-ring (bicyclic) bond motifs is 3. The van der Waals surface area contributed by atoms with Gasteiger partial charge < -0.3 is 9.87 Å². The zero-order chi connectivity index (χ0) is 19.9. The van der Waals surface area contributed by atoms with Gasteiger partial charge >= 0.3 is 0 Å². The average Bonchev–Trinajstić information content (AvgIpc) is 3.11. The minimum atomic E-state index is -3.21. The molecule has 1 heterocycles. The Labute approximate surface area is 174 Å². The molecule has 1 saturated heterocycles. The van der Waals surface area contributed by atoms with Crippen LogP contribution in [0.3, 0.4) is 0 Å². The van der Waals surface area contributed by atoms with Gasteiger partial charge in [-0.05, 0) is 56.8 Å². The first kappa shape index (κ1) is 21.1. The highest BCUT2D eigenvalue weighted by atomic mass is 32.3. The highest BCUT2D eigenvalue weighted by Gasteiger charge is 2.46. The van der Waals surface area contributed by atoms with E-state index in [0.717, 1.165) is 11.8 Å². The van der Waals surface area contributed by atoms with E-state index in [-0.39, 0.29) is 22.6 Å². The van der Waals surface area contributed by atoms with E-state index >= 15 is 0 Å². The molecule has 28 heavy (non-hydrogen) atoms. The Bertz CT molecular complexity index is 624. The van der Waals surface area contributed by atoms with E-state index in [0.29, 0.717) is 37.0 Å². The van der Waals surface area contributed by atoms with Gasteiger partial charge in [0.2, 0.25) is 5.91 Å². The van der Waals surface area contributed by atoms with Crippen molar-refractivity contribution in [3.63, 3.8) is 0 Å². The average molecular weight is 430 g/mol. The molecule has 1 aliphatic heterocycles. The van der Waals surface area contributed by atoms with E-state index in [4.69, 9.17) is 0 Å². The molecule has 2 N–H and O–H groups in total. The first-order valence-corrected chi connectivity index (χ1v) is 13.4. The Kier molecular flexibility index (Phi) is 6.43. The number of sulfonamides is 1. The predicted octanol–water partition coefficient (Wildman–Crippen LogP) is 2.73. The number of thioether (sulfide) groups is 1. The Balaban J connectivity index is 1.28. The summed E-state index contributed by atoms with van der Waals surface area (Å²) < 4.78 is 25.9. The zero-order valence-electron chi connectivity index (χ0n) is 17.1. The van der Waals surface area contributed by atoms with Crippen LogP contribution in [-0.4, -0.2) is 50.9 Å². The van der Waals surface area contributed by atoms with Crippen molar-refractivity contribution < 1.29 is 13.6 Å². The van der Waals surface area contributed by atoms with Crippen LogP contribution < -0.4 is 10.6 Å². The van der Waals surface area contributed by atoms with Gasteiger partial charge in [0.15, 0.2) is 0 Å². The highest BCUT2D eigenvalue weighted by Crippen LogP contribution is 2.47. The fourth-order valence-electron chi connectivity index (χ4n) is 5.92. The summed E-state index contributed by atoms with van der Waals surface area (Å²) in [6.07, 6.45) is 10.6. The molecule has 3 aliphatic carbocycles. The van der Waals surface area contributed by atoms with Gasteiger partial charge in [-0.3, -0.25) is 10.1 Å². The minimum Gasteiger partial charge on any atom is -0.597 e. The fourth-order valence-corrected chi connectivity index (χ4v) is 8.87. The van der Waals surface area contributed by atoms with Crippen molar-refractivity contribution in [1.29, 1.82) is 0 Å². The van der Waals surface area contributed by atoms with Crippen LogP contribution in [0.15, 0.2) is 0 Å². The molecule has 4 rings (SSSR count). The fraction of sp³-hybridized carbons (Fsp3) is 0.950. The minimum absolute atomic E-state index is 0.0198. The quantitative estimate of drug-likeness (QED) is 0.671. The van der Waals surface area contributed by atoms with Gasteiger partial charge in [-0.2, -0.15) is 0 Å². The van der Waals surface area contributed by atoms with Crippen LogP contribution in [-0.2, 0) is 19.4 Å². The molecule has 0 aromatic rings. The summed E-state index contributed by atoms with van der Waals surface area (Å²) in [7, 11) is -0.0307. The molecule has 8 heteroatoms. The second-order valence-electron chi connectivity index (χ2n) is 9.34. The molecule has 1 amide bonds. The van der Waals surface area contributed by atoms with Crippen molar-refractivity contribution >= 4 is 28.1 Å². The van der Waals surface area contributed by atoms with Gasteiger partial charge in [-0.15, -0.1) is 16.1 Å². The van der Waals surface area contributed by atoms with E-state index in [1.807, 2.05) is 11.8 Å². The van der Waals surface area contributed by atoms with Gasteiger partial charge in [-0.1, -0.05) is 23.5 Å². The topological polar surface area (TPSA) is 84.5 Å². The molecular formula is C20H35N3O3S2. The third kappa shape index (κ3) is 4.17. The van der Waals surface area contributed by atoms with Crippen molar-refractivity contribution in [2.24, 2.45) is 17.8 Å². The number of carbonyl (C=O) groups is 1. The standard InChI is InChI=1S/C20H35N3O3S2/c1-23(2)28(25,26)15-10-7-14(8-11-15)19(24)22-20-21-18-16-6-4-3-5-13(16)9-12-17(18)27-20/h13-18,20-21H,3-12H2,1-2H3,(H-,22,24,25,26). The smallest absolute Gasteiger partial charge is 0.224 e.